The molecule has 7 heteroatoms. The number of carbonyl (C=O) groups is 1. The Morgan fingerprint density at radius 2 is 1.96 bits per heavy atom. The first kappa shape index (κ1) is 17.7. The Bertz CT molecular complexity index is 759. The van der Waals surface area contributed by atoms with Crippen molar-refractivity contribution in [1.82, 2.24) is 15.1 Å². The molecule has 0 bridgehead atoms. The normalized spacial score (nSPS) is 16.6. The van der Waals surface area contributed by atoms with E-state index in [2.05, 4.69) is 42.1 Å². The minimum atomic E-state index is -0.454. The van der Waals surface area contributed by atoms with E-state index in [0.29, 0.717) is 19.0 Å². The van der Waals surface area contributed by atoms with Crippen LogP contribution in [0.25, 0.3) is 10.9 Å². The van der Waals surface area contributed by atoms with Gasteiger partial charge in [-0.05, 0) is 61.7 Å². The van der Waals surface area contributed by atoms with Crippen LogP contribution in [-0.2, 0) is 4.74 Å². The molecule has 1 aromatic heterocycles. The van der Waals surface area contributed by atoms with Crippen molar-refractivity contribution in [1.29, 1.82) is 0 Å². The van der Waals surface area contributed by atoms with Crippen molar-refractivity contribution >= 4 is 48.9 Å². The van der Waals surface area contributed by atoms with Crippen LogP contribution >= 0.6 is 31.9 Å². The Kier molecular flexibility index (Phi) is 4.93. The van der Waals surface area contributed by atoms with Gasteiger partial charge < -0.3 is 9.64 Å². The minimum absolute atomic E-state index is 0.224. The van der Waals surface area contributed by atoms with Crippen molar-refractivity contribution in [3.8, 4) is 0 Å². The number of hydrogen-bond donors (Lipinski definition) is 1. The molecule has 24 heavy (non-hydrogen) atoms. The maximum absolute atomic E-state index is 12.2. The average Bonchev–Trinajstić information content (AvgIpc) is 2.89. The fourth-order valence-corrected chi connectivity index (χ4v) is 4.48. The number of likely N-dealkylation sites (tertiary alicyclic amines) is 1. The third-order valence-electron chi connectivity index (χ3n) is 4.14. The lowest BCUT2D eigenvalue weighted by atomic mass is 9.92. The number of fused-ring (bicyclic) bond motifs is 1. The van der Waals surface area contributed by atoms with Gasteiger partial charge in [-0.15, -0.1) is 0 Å². The molecule has 1 N–H and O–H groups in total. The lowest BCUT2D eigenvalue weighted by Crippen LogP contribution is -2.41. The second kappa shape index (κ2) is 6.67. The number of rotatable bonds is 1. The molecule has 1 aromatic carbocycles. The Labute approximate surface area is 158 Å². The van der Waals surface area contributed by atoms with Crippen LogP contribution in [-0.4, -0.2) is 39.9 Å². The second-order valence-corrected chi connectivity index (χ2v) is 8.93. The standard InChI is InChI=1S/C17H21Br2N3O2/c1-17(2,3)24-16(23)22-6-4-10(5-7-22)15-14-12(19)8-11(18)9-13(14)20-21-15/h8-10H,4-7H2,1-3H3,(H,20,21). The number of amides is 1. The lowest BCUT2D eigenvalue weighted by molar-refractivity contribution is 0.0204. The Morgan fingerprint density at radius 1 is 1.29 bits per heavy atom. The zero-order chi connectivity index (χ0) is 17.5. The topological polar surface area (TPSA) is 58.2 Å². The molecule has 5 nitrogen and oxygen atoms in total. The van der Waals surface area contributed by atoms with E-state index in [-0.39, 0.29) is 6.09 Å². The molecule has 1 fully saturated rings. The molecule has 130 valence electrons. The molecule has 0 unspecified atom stereocenters. The summed E-state index contributed by atoms with van der Waals surface area (Å²) < 4.78 is 7.50. The van der Waals surface area contributed by atoms with Crippen molar-refractivity contribution in [3.05, 3.63) is 26.8 Å². The fraction of sp³-hybridized carbons (Fsp3) is 0.529. The van der Waals surface area contributed by atoms with Crippen LogP contribution < -0.4 is 0 Å². The summed E-state index contributed by atoms with van der Waals surface area (Å²) in [6.45, 7) is 7.07. The first-order valence-corrected chi connectivity index (χ1v) is 9.64. The molecule has 0 radical (unpaired) electrons. The maximum Gasteiger partial charge on any atom is 0.410 e. The van der Waals surface area contributed by atoms with Crippen molar-refractivity contribution in [3.63, 3.8) is 0 Å². The summed E-state index contributed by atoms with van der Waals surface area (Å²) in [5.41, 5.74) is 1.64. The van der Waals surface area contributed by atoms with Gasteiger partial charge in [-0.1, -0.05) is 15.9 Å². The molecule has 1 aliphatic rings. The highest BCUT2D eigenvalue weighted by Gasteiger charge is 2.29. The quantitative estimate of drug-likeness (QED) is 0.638. The minimum Gasteiger partial charge on any atom is -0.444 e. The van der Waals surface area contributed by atoms with Crippen LogP contribution in [0.1, 0.15) is 45.2 Å². The number of aromatic nitrogens is 2. The number of piperidine rings is 1. The molecule has 0 spiro atoms. The summed E-state index contributed by atoms with van der Waals surface area (Å²) in [4.78, 5) is 14.0. The summed E-state index contributed by atoms with van der Waals surface area (Å²) in [6.07, 6.45) is 1.56. The van der Waals surface area contributed by atoms with Crippen LogP contribution in [0.2, 0.25) is 0 Å². The van der Waals surface area contributed by atoms with Crippen LogP contribution in [0.5, 0.6) is 0 Å². The van der Waals surface area contributed by atoms with Gasteiger partial charge in [0.25, 0.3) is 0 Å². The van der Waals surface area contributed by atoms with E-state index in [1.54, 1.807) is 4.90 Å². The molecule has 0 atom stereocenters. The number of H-pyrrole nitrogens is 1. The van der Waals surface area contributed by atoms with Gasteiger partial charge >= 0.3 is 6.09 Å². The number of carbonyl (C=O) groups excluding carboxylic acids is 1. The van der Waals surface area contributed by atoms with E-state index in [1.807, 2.05) is 32.9 Å². The van der Waals surface area contributed by atoms with Crippen molar-refractivity contribution < 1.29 is 9.53 Å². The SMILES string of the molecule is CC(C)(C)OC(=O)N1CCC(c2n[nH]c3cc(Br)cc(Br)c23)CC1. The maximum atomic E-state index is 12.2. The number of aromatic amines is 1. The number of halogens is 2. The lowest BCUT2D eigenvalue weighted by Gasteiger charge is -2.33. The van der Waals surface area contributed by atoms with Crippen molar-refractivity contribution in [2.45, 2.75) is 45.1 Å². The molecule has 1 aliphatic heterocycles. The molecule has 1 amide bonds. The first-order valence-electron chi connectivity index (χ1n) is 8.05. The van der Waals surface area contributed by atoms with E-state index in [4.69, 9.17) is 4.74 Å². The van der Waals surface area contributed by atoms with Gasteiger partial charge in [0.05, 0.1) is 11.2 Å². The fourth-order valence-electron chi connectivity index (χ4n) is 3.06. The summed E-state index contributed by atoms with van der Waals surface area (Å²) in [5.74, 6) is 0.343. The van der Waals surface area contributed by atoms with E-state index in [9.17, 15) is 4.79 Å². The monoisotopic (exact) mass is 457 g/mol. The average molecular weight is 459 g/mol. The molecule has 0 aliphatic carbocycles. The predicted octanol–water partition coefficient (Wildman–Crippen LogP) is 5.20. The summed E-state index contributed by atoms with van der Waals surface area (Å²) in [6, 6.07) is 4.07. The molecular weight excluding hydrogens is 438 g/mol. The van der Waals surface area contributed by atoms with Gasteiger partial charge in [0.2, 0.25) is 0 Å². The van der Waals surface area contributed by atoms with Crippen molar-refractivity contribution in [2.75, 3.05) is 13.1 Å². The number of benzene rings is 1. The van der Waals surface area contributed by atoms with Crippen molar-refractivity contribution in [2.24, 2.45) is 0 Å². The Morgan fingerprint density at radius 3 is 2.58 bits per heavy atom. The van der Waals surface area contributed by atoms with E-state index >= 15 is 0 Å². The zero-order valence-electron chi connectivity index (χ0n) is 14.0. The molecule has 1 saturated heterocycles. The number of nitrogens with one attached hydrogen (secondary N) is 1. The van der Waals surface area contributed by atoms with Crippen LogP contribution in [0.15, 0.2) is 21.1 Å². The van der Waals surface area contributed by atoms with Gasteiger partial charge in [-0.25, -0.2) is 4.79 Å². The van der Waals surface area contributed by atoms with E-state index in [0.717, 1.165) is 38.4 Å². The summed E-state index contributed by atoms with van der Waals surface area (Å²) in [7, 11) is 0. The highest BCUT2D eigenvalue weighted by atomic mass is 79.9. The van der Waals surface area contributed by atoms with Gasteiger partial charge in [0.15, 0.2) is 0 Å². The smallest absolute Gasteiger partial charge is 0.410 e. The van der Waals surface area contributed by atoms with Gasteiger partial charge in [0, 0.05) is 33.3 Å². The third kappa shape index (κ3) is 3.77. The molecule has 0 saturated carbocycles. The van der Waals surface area contributed by atoms with Gasteiger partial charge in [-0.3, -0.25) is 5.10 Å². The van der Waals surface area contributed by atoms with Crippen LogP contribution in [0, 0.1) is 0 Å². The Hall–Kier alpha value is -1.08. The largest absolute Gasteiger partial charge is 0.444 e. The van der Waals surface area contributed by atoms with Crippen LogP contribution in [0.4, 0.5) is 4.79 Å². The molecule has 2 aromatic rings. The number of nitrogens with zero attached hydrogens (tertiary/aromatic N) is 2. The van der Waals surface area contributed by atoms with E-state index < -0.39 is 5.60 Å². The van der Waals surface area contributed by atoms with E-state index in [1.165, 1.54) is 0 Å². The third-order valence-corrected chi connectivity index (χ3v) is 5.22. The molecule has 3 rings (SSSR count). The number of hydrogen-bond acceptors (Lipinski definition) is 3. The van der Waals surface area contributed by atoms with Gasteiger partial charge in [0.1, 0.15) is 5.60 Å². The van der Waals surface area contributed by atoms with Gasteiger partial charge in [-0.2, -0.15) is 5.10 Å². The first-order chi connectivity index (χ1) is 11.2. The highest BCUT2D eigenvalue weighted by molar-refractivity contribution is 9.11. The summed E-state index contributed by atoms with van der Waals surface area (Å²) in [5, 5.41) is 8.79. The molecular formula is C17H21Br2N3O2. The van der Waals surface area contributed by atoms with Crippen LogP contribution in [0.3, 0.4) is 0 Å². The zero-order valence-corrected chi connectivity index (χ0v) is 17.2. The molecule has 2 heterocycles. The Balaban J connectivity index is 1.73. The predicted molar refractivity (Wildman–Crippen MR) is 101 cm³/mol. The number of ether oxygens (including phenoxy) is 1. The summed E-state index contributed by atoms with van der Waals surface area (Å²) >= 11 is 7.14. The second-order valence-electron chi connectivity index (χ2n) is 7.16. The highest BCUT2D eigenvalue weighted by Crippen LogP contribution is 2.36.